The lowest BCUT2D eigenvalue weighted by Gasteiger charge is -2.01. The molecule has 25 heavy (non-hydrogen) atoms. The van der Waals surface area contributed by atoms with Crippen LogP contribution in [0.25, 0.3) is 10.2 Å². The zero-order chi connectivity index (χ0) is 18.0. The number of fused-ring (bicyclic) bond motifs is 1. The van der Waals surface area contributed by atoms with Crippen molar-refractivity contribution in [2.45, 2.75) is 6.42 Å². The predicted octanol–water partition coefficient (Wildman–Crippen LogP) is 2.83. The minimum atomic E-state index is -0.442. The number of nitrogens with zero attached hydrogens (tertiary/aromatic N) is 3. The lowest BCUT2D eigenvalue weighted by Crippen LogP contribution is -2.14. The zero-order valence-corrected chi connectivity index (χ0v) is 14.4. The fourth-order valence-corrected chi connectivity index (χ4v) is 3.42. The van der Waals surface area contributed by atoms with E-state index in [9.17, 15) is 14.9 Å². The van der Waals surface area contributed by atoms with Crippen LogP contribution < -0.4 is 9.54 Å². The van der Waals surface area contributed by atoms with Gasteiger partial charge in [0.1, 0.15) is 5.75 Å². The number of aromatic nitrogens is 1. The molecule has 0 N–H and O–H groups in total. The SMILES string of the molecule is COc1ccc(CC(=O)N=c2sc3ccc([N+](=O)[O-])cc3n2C)cc1. The summed E-state index contributed by atoms with van der Waals surface area (Å²) in [4.78, 5) is 27.3. The van der Waals surface area contributed by atoms with Crippen LogP contribution >= 0.6 is 11.3 Å². The first kappa shape index (κ1) is 16.8. The van der Waals surface area contributed by atoms with Gasteiger partial charge in [-0.15, -0.1) is 0 Å². The Morgan fingerprint density at radius 1 is 1.28 bits per heavy atom. The van der Waals surface area contributed by atoms with E-state index in [2.05, 4.69) is 4.99 Å². The average molecular weight is 357 g/mol. The highest BCUT2D eigenvalue weighted by Gasteiger charge is 2.11. The topological polar surface area (TPSA) is 86.7 Å². The molecule has 0 aliphatic rings. The Morgan fingerprint density at radius 2 is 2.00 bits per heavy atom. The number of benzene rings is 2. The van der Waals surface area contributed by atoms with Crippen LogP contribution in [0.2, 0.25) is 0 Å². The fourth-order valence-electron chi connectivity index (χ4n) is 2.40. The number of methoxy groups -OCH3 is 1. The van der Waals surface area contributed by atoms with E-state index in [0.29, 0.717) is 10.3 Å². The highest BCUT2D eigenvalue weighted by atomic mass is 32.1. The average Bonchev–Trinajstić information content (AvgIpc) is 2.91. The Morgan fingerprint density at radius 3 is 2.64 bits per heavy atom. The summed E-state index contributed by atoms with van der Waals surface area (Å²) >= 11 is 1.32. The second-order valence-corrected chi connectivity index (χ2v) is 6.39. The molecule has 0 bridgehead atoms. The maximum atomic E-state index is 12.2. The van der Waals surface area contributed by atoms with Gasteiger partial charge >= 0.3 is 0 Å². The van der Waals surface area contributed by atoms with E-state index in [1.807, 2.05) is 12.1 Å². The number of aryl methyl sites for hydroxylation is 1. The van der Waals surface area contributed by atoms with E-state index < -0.39 is 4.92 Å². The molecule has 0 unspecified atom stereocenters. The van der Waals surface area contributed by atoms with Crippen LogP contribution in [0.1, 0.15) is 5.56 Å². The summed E-state index contributed by atoms with van der Waals surface area (Å²) in [7, 11) is 3.32. The number of rotatable bonds is 4. The molecule has 0 atom stereocenters. The highest BCUT2D eigenvalue weighted by Crippen LogP contribution is 2.22. The first-order chi connectivity index (χ1) is 12.0. The van der Waals surface area contributed by atoms with Crippen LogP contribution in [0, 0.1) is 10.1 Å². The van der Waals surface area contributed by atoms with E-state index in [1.165, 1.54) is 23.5 Å². The Hall–Kier alpha value is -3.00. The van der Waals surface area contributed by atoms with E-state index in [1.54, 1.807) is 36.9 Å². The quantitative estimate of drug-likeness (QED) is 0.531. The number of carbonyl (C=O) groups excluding carboxylic acids is 1. The van der Waals surface area contributed by atoms with Crippen molar-refractivity contribution >= 4 is 33.1 Å². The molecule has 0 aliphatic carbocycles. The second-order valence-electron chi connectivity index (χ2n) is 5.38. The first-order valence-corrected chi connectivity index (χ1v) is 8.24. The zero-order valence-electron chi connectivity index (χ0n) is 13.6. The lowest BCUT2D eigenvalue weighted by atomic mass is 10.1. The molecule has 0 fully saturated rings. The third kappa shape index (κ3) is 3.58. The van der Waals surface area contributed by atoms with Gasteiger partial charge in [0.15, 0.2) is 4.80 Å². The van der Waals surface area contributed by atoms with Crippen molar-refractivity contribution in [2.24, 2.45) is 12.0 Å². The Kier molecular flexibility index (Phi) is 4.62. The Labute approximate surface area is 147 Å². The van der Waals surface area contributed by atoms with Gasteiger partial charge < -0.3 is 9.30 Å². The lowest BCUT2D eigenvalue weighted by molar-refractivity contribution is -0.384. The van der Waals surface area contributed by atoms with E-state index in [0.717, 1.165) is 16.0 Å². The highest BCUT2D eigenvalue weighted by molar-refractivity contribution is 7.16. The molecule has 1 heterocycles. The molecule has 2 aromatic carbocycles. The molecule has 1 aromatic heterocycles. The van der Waals surface area contributed by atoms with Gasteiger partial charge in [-0.3, -0.25) is 14.9 Å². The first-order valence-electron chi connectivity index (χ1n) is 7.42. The van der Waals surface area contributed by atoms with E-state index in [4.69, 9.17) is 4.74 Å². The molecule has 0 saturated heterocycles. The van der Waals surface area contributed by atoms with Crippen molar-refractivity contribution < 1.29 is 14.5 Å². The van der Waals surface area contributed by atoms with E-state index in [-0.39, 0.29) is 18.0 Å². The molecule has 0 radical (unpaired) electrons. The van der Waals surface area contributed by atoms with E-state index >= 15 is 0 Å². The second kappa shape index (κ2) is 6.86. The van der Waals surface area contributed by atoms with Gasteiger partial charge in [0, 0.05) is 19.2 Å². The molecule has 7 nitrogen and oxygen atoms in total. The van der Waals surface area contributed by atoms with Gasteiger partial charge in [-0.2, -0.15) is 4.99 Å². The summed E-state index contributed by atoms with van der Waals surface area (Å²) in [6.45, 7) is 0. The summed E-state index contributed by atoms with van der Waals surface area (Å²) in [5.41, 5.74) is 1.53. The Balaban J connectivity index is 1.90. The molecule has 3 rings (SSSR count). The number of nitro benzene ring substituents is 1. The number of non-ortho nitro benzene ring substituents is 1. The van der Waals surface area contributed by atoms with Crippen molar-refractivity contribution in [3.05, 3.63) is 62.9 Å². The normalized spacial score (nSPS) is 11.7. The van der Waals surface area contributed by atoms with Crippen LogP contribution in [0.15, 0.2) is 47.5 Å². The van der Waals surface area contributed by atoms with Crippen molar-refractivity contribution in [1.29, 1.82) is 0 Å². The molecule has 0 spiro atoms. The molecule has 0 aliphatic heterocycles. The van der Waals surface area contributed by atoms with Gasteiger partial charge in [-0.1, -0.05) is 23.5 Å². The van der Waals surface area contributed by atoms with Crippen LogP contribution in [0.3, 0.4) is 0 Å². The molecule has 0 saturated carbocycles. The number of ether oxygens (including phenoxy) is 1. The monoisotopic (exact) mass is 357 g/mol. The van der Waals surface area contributed by atoms with Crippen molar-refractivity contribution in [3.63, 3.8) is 0 Å². The van der Waals surface area contributed by atoms with Gasteiger partial charge in [-0.25, -0.2) is 0 Å². The minimum Gasteiger partial charge on any atom is -0.497 e. The number of amides is 1. The molecule has 128 valence electrons. The number of carbonyl (C=O) groups is 1. The van der Waals surface area contributed by atoms with Gasteiger partial charge in [0.25, 0.3) is 11.6 Å². The van der Waals surface area contributed by atoms with Crippen LogP contribution in [-0.4, -0.2) is 22.5 Å². The summed E-state index contributed by atoms with van der Waals surface area (Å²) in [5, 5.41) is 10.9. The standard InChI is InChI=1S/C17H15N3O4S/c1-19-14-10-12(20(22)23)5-8-15(14)25-17(19)18-16(21)9-11-3-6-13(24-2)7-4-11/h3-8,10H,9H2,1-2H3. The molecule has 8 heteroatoms. The largest absolute Gasteiger partial charge is 0.497 e. The van der Waals surface area contributed by atoms with Crippen molar-refractivity contribution in [1.82, 2.24) is 4.57 Å². The van der Waals surface area contributed by atoms with Crippen LogP contribution in [0.4, 0.5) is 5.69 Å². The van der Waals surface area contributed by atoms with Crippen molar-refractivity contribution in [2.75, 3.05) is 7.11 Å². The number of hydrogen-bond donors (Lipinski definition) is 0. The van der Waals surface area contributed by atoms with Gasteiger partial charge in [0.2, 0.25) is 0 Å². The number of thiazole rings is 1. The Bertz CT molecular complexity index is 1020. The molecular formula is C17H15N3O4S. The summed E-state index contributed by atoms with van der Waals surface area (Å²) in [5.74, 6) is 0.451. The third-order valence-corrected chi connectivity index (χ3v) is 4.85. The smallest absolute Gasteiger partial charge is 0.271 e. The van der Waals surface area contributed by atoms with Crippen molar-refractivity contribution in [3.8, 4) is 5.75 Å². The van der Waals surface area contributed by atoms with Crippen LogP contribution in [0.5, 0.6) is 5.75 Å². The van der Waals surface area contributed by atoms with Gasteiger partial charge in [-0.05, 0) is 23.8 Å². The third-order valence-electron chi connectivity index (χ3n) is 3.74. The predicted molar refractivity (Wildman–Crippen MR) is 94.7 cm³/mol. The maximum absolute atomic E-state index is 12.2. The minimum absolute atomic E-state index is 0.0111. The number of nitro groups is 1. The summed E-state index contributed by atoms with van der Waals surface area (Å²) < 4.78 is 7.62. The number of hydrogen-bond acceptors (Lipinski definition) is 5. The molecular weight excluding hydrogens is 342 g/mol. The maximum Gasteiger partial charge on any atom is 0.271 e. The molecule has 1 amide bonds. The van der Waals surface area contributed by atoms with Crippen LogP contribution in [-0.2, 0) is 18.3 Å². The van der Waals surface area contributed by atoms with Gasteiger partial charge in [0.05, 0.1) is 28.7 Å². The molecule has 3 aromatic rings. The summed E-state index contributed by atoms with van der Waals surface area (Å²) in [6.07, 6.45) is 0.179. The fraction of sp³-hybridized carbons (Fsp3) is 0.176. The summed E-state index contributed by atoms with van der Waals surface area (Å²) in [6, 6.07) is 11.8.